The van der Waals surface area contributed by atoms with Crippen molar-refractivity contribution in [3.05, 3.63) is 128 Å². The Bertz CT molecular complexity index is 1750. The van der Waals surface area contributed by atoms with Crippen LogP contribution in [0.25, 0.3) is 21.9 Å². The van der Waals surface area contributed by atoms with Gasteiger partial charge in [0.05, 0.1) is 16.8 Å². The molecule has 0 saturated carbocycles. The summed E-state index contributed by atoms with van der Waals surface area (Å²) in [6.45, 7) is 2.95. The van der Waals surface area contributed by atoms with Crippen molar-refractivity contribution in [1.29, 1.82) is 0 Å². The summed E-state index contributed by atoms with van der Waals surface area (Å²) in [4.78, 5) is 25.1. The van der Waals surface area contributed by atoms with Crippen LogP contribution in [0.15, 0.2) is 95.8 Å². The summed E-state index contributed by atoms with van der Waals surface area (Å²) in [6, 6.07) is 30.1. The van der Waals surface area contributed by atoms with Gasteiger partial charge < -0.3 is 10.1 Å². The van der Waals surface area contributed by atoms with Crippen molar-refractivity contribution in [2.45, 2.75) is 19.9 Å². The Labute approximate surface area is 224 Å². The monoisotopic (exact) mass is 518 g/mol. The second kappa shape index (κ2) is 10.1. The average molecular weight is 519 g/mol. The summed E-state index contributed by atoms with van der Waals surface area (Å²) in [5, 5.41) is 2.89. The number of para-hydroxylation sites is 1. The van der Waals surface area contributed by atoms with Crippen molar-refractivity contribution in [1.82, 2.24) is 4.57 Å². The van der Waals surface area contributed by atoms with Crippen molar-refractivity contribution >= 4 is 44.8 Å². The summed E-state index contributed by atoms with van der Waals surface area (Å²) in [5.41, 5.74) is 7.97. The van der Waals surface area contributed by atoms with Gasteiger partial charge in [-0.2, -0.15) is 0 Å². The molecule has 1 aliphatic rings. The van der Waals surface area contributed by atoms with Gasteiger partial charge in [-0.15, -0.1) is 0 Å². The molecule has 0 unspecified atom stereocenters. The van der Waals surface area contributed by atoms with Crippen LogP contribution in [0.3, 0.4) is 0 Å². The normalized spacial score (nSPS) is 13.6. The molecule has 38 heavy (non-hydrogen) atoms. The lowest BCUT2D eigenvalue weighted by atomic mass is 10.0. The number of hydrogen-bond acceptors (Lipinski definition) is 4. The number of aryl methyl sites for hydroxylation is 1. The molecule has 6 heteroatoms. The van der Waals surface area contributed by atoms with Gasteiger partial charge in [-0.25, -0.2) is 0 Å². The Hall–Kier alpha value is -4.42. The third-order valence-corrected chi connectivity index (χ3v) is 7.65. The van der Waals surface area contributed by atoms with E-state index in [0.29, 0.717) is 18.7 Å². The van der Waals surface area contributed by atoms with E-state index in [2.05, 4.69) is 48.6 Å². The fourth-order valence-corrected chi connectivity index (χ4v) is 5.84. The first-order chi connectivity index (χ1) is 18.5. The zero-order chi connectivity index (χ0) is 26.1. The lowest BCUT2D eigenvalue weighted by Gasteiger charge is -2.08. The SMILES string of the molecule is Cc1cccc(Cc2ccc3c(c2)sc(=O)n3CCOc2ccc(C=C3C(=O)Nc4ccccc43)cc2)c1. The molecule has 0 aliphatic carbocycles. The van der Waals surface area contributed by atoms with Crippen LogP contribution in [0.4, 0.5) is 5.69 Å². The summed E-state index contributed by atoms with van der Waals surface area (Å²) in [7, 11) is 0. The molecule has 5 aromatic rings. The van der Waals surface area contributed by atoms with Gasteiger partial charge in [0.25, 0.3) is 5.91 Å². The molecule has 4 aromatic carbocycles. The Morgan fingerprint density at radius 2 is 1.71 bits per heavy atom. The van der Waals surface area contributed by atoms with Gasteiger partial charge in [0.2, 0.25) is 0 Å². The van der Waals surface area contributed by atoms with Crippen LogP contribution >= 0.6 is 11.3 Å². The van der Waals surface area contributed by atoms with E-state index in [4.69, 9.17) is 4.74 Å². The van der Waals surface area contributed by atoms with Gasteiger partial charge in [0.1, 0.15) is 12.4 Å². The number of aromatic nitrogens is 1. The maximum atomic E-state index is 12.7. The molecule has 0 atom stereocenters. The fraction of sp³-hybridized carbons (Fsp3) is 0.125. The number of rotatable bonds is 7. The summed E-state index contributed by atoms with van der Waals surface area (Å²) in [6.07, 6.45) is 2.73. The zero-order valence-corrected chi connectivity index (χ0v) is 21.8. The molecule has 0 radical (unpaired) electrons. The van der Waals surface area contributed by atoms with Crippen molar-refractivity contribution in [2.24, 2.45) is 0 Å². The predicted molar refractivity (Wildman–Crippen MR) is 155 cm³/mol. The van der Waals surface area contributed by atoms with E-state index < -0.39 is 0 Å². The van der Waals surface area contributed by atoms with Gasteiger partial charge in [0.15, 0.2) is 0 Å². The zero-order valence-electron chi connectivity index (χ0n) is 20.9. The number of amides is 1. The van der Waals surface area contributed by atoms with E-state index in [1.807, 2.05) is 60.7 Å². The minimum absolute atomic E-state index is 0.0217. The topological polar surface area (TPSA) is 60.3 Å². The van der Waals surface area contributed by atoms with Gasteiger partial charge in [-0.3, -0.25) is 14.2 Å². The predicted octanol–water partition coefficient (Wildman–Crippen LogP) is 6.53. The molecule has 1 N–H and O–H groups in total. The minimum atomic E-state index is -0.0951. The van der Waals surface area contributed by atoms with E-state index in [9.17, 15) is 9.59 Å². The van der Waals surface area contributed by atoms with Crippen molar-refractivity contribution in [2.75, 3.05) is 11.9 Å². The maximum absolute atomic E-state index is 12.7. The lowest BCUT2D eigenvalue weighted by Crippen LogP contribution is -2.17. The molecule has 1 amide bonds. The number of thiazole rings is 1. The largest absolute Gasteiger partial charge is 0.492 e. The maximum Gasteiger partial charge on any atom is 0.308 e. The van der Waals surface area contributed by atoms with Crippen LogP contribution in [0.5, 0.6) is 5.75 Å². The molecular formula is C32H26N2O3S. The van der Waals surface area contributed by atoms with Gasteiger partial charge in [0, 0.05) is 16.8 Å². The van der Waals surface area contributed by atoms with Gasteiger partial charge in [-0.1, -0.05) is 77.6 Å². The van der Waals surface area contributed by atoms with E-state index in [1.54, 1.807) is 4.57 Å². The average Bonchev–Trinajstić information content (AvgIpc) is 3.40. The van der Waals surface area contributed by atoms with Crippen LogP contribution in [0.2, 0.25) is 0 Å². The number of carbonyl (C=O) groups is 1. The van der Waals surface area contributed by atoms with E-state index >= 15 is 0 Å². The van der Waals surface area contributed by atoms with Crippen molar-refractivity contribution in [3.8, 4) is 5.75 Å². The van der Waals surface area contributed by atoms with Crippen molar-refractivity contribution in [3.63, 3.8) is 0 Å². The molecule has 0 spiro atoms. The van der Waals surface area contributed by atoms with Crippen LogP contribution < -0.4 is 14.9 Å². The Morgan fingerprint density at radius 3 is 2.55 bits per heavy atom. The highest BCUT2D eigenvalue weighted by Crippen LogP contribution is 2.32. The Kier molecular flexibility index (Phi) is 6.40. The minimum Gasteiger partial charge on any atom is -0.492 e. The molecule has 188 valence electrons. The number of ether oxygens (including phenoxy) is 1. The van der Waals surface area contributed by atoms with E-state index in [1.165, 1.54) is 28.0 Å². The quantitative estimate of drug-likeness (QED) is 0.249. The fourth-order valence-electron chi connectivity index (χ4n) is 4.85. The number of nitrogens with one attached hydrogen (secondary N) is 1. The summed E-state index contributed by atoms with van der Waals surface area (Å²) >= 11 is 1.28. The molecular weight excluding hydrogens is 492 g/mol. The number of hydrogen-bond donors (Lipinski definition) is 1. The van der Waals surface area contributed by atoms with Gasteiger partial charge >= 0.3 is 4.87 Å². The van der Waals surface area contributed by atoms with Crippen LogP contribution in [0, 0.1) is 6.92 Å². The first kappa shape index (κ1) is 23.9. The summed E-state index contributed by atoms with van der Waals surface area (Å²) < 4.78 is 8.72. The third-order valence-electron chi connectivity index (χ3n) is 6.71. The third kappa shape index (κ3) is 4.91. The molecule has 0 fully saturated rings. The molecule has 5 nitrogen and oxygen atoms in total. The first-order valence-electron chi connectivity index (χ1n) is 12.6. The molecule has 2 heterocycles. The van der Waals surface area contributed by atoms with Crippen LogP contribution in [-0.2, 0) is 17.8 Å². The van der Waals surface area contributed by atoms with Gasteiger partial charge in [-0.05, 0) is 66.4 Å². The number of benzene rings is 4. The second-order valence-electron chi connectivity index (χ2n) is 9.46. The van der Waals surface area contributed by atoms with E-state index in [-0.39, 0.29) is 10.8 Å². The molecule has 1 aromatic heterocycles. The summed E-state index contributed by atoms with van der Waals surface area (Å²) in [5.74, 6) is 0.624. The standard InChI is InChI=1S/C32H26N2O3S/c1-21-5-4-6-23(17-21)18-24-11-14-29-30(20-24)38-32(36)34(29)15-16-37-25-12-9-22(10-13-25)19-27-26-7-2-3-8-28(26)33-31(27)35/h2-14,17,19-20H,15-16,18H2,1H3,(H,33,35). The molecule has 0 saturated heterocycles. The highest BCUT2D eigenvalue weighted by atomic mass is 32.1. The Morgan fingerprint density at radius 1 is 0.895 bits per heavy atom. The Balaban J connectivity index is 1.11. The van der Waals surface area contributed by atoms with E-state index in [0.717, 1.165) is 39.2 Å². The van der Waals surface area contributed by atoms with Crippen LogP contribution in [0.1, 0.15) is 27.8 Å². The number of fused-ring (bicyclic) bond motifs is 2. The number of carbonyl (C=O) groups excluding carboxylic acids is 1. The second-order valence-corrected chi connectivity index (χ2v) is 10.5. The smallest absolute Gasteiger partial charge is 0.308 e. The highest BCUT2D eigenvalue weighted by Gasteiger charge is 2.23. The van der Waals surface area contributed by atoms with Crippen molar-refractivity contribution < 1.29 is 9.53 Å². The first-order valence-corrected chi connectivity index (χ1v) is 13.4. The molecule has 6 rings (SSSR count). The lowest BCUT2D eigenvalue weighted by molar-refractivity contribution is -0.110. The number of anilines is 1. The molecule has 1 aliphatic heterocycles. The molecule has 0 bridgehead atoms. The highest BCUT2D eigenvalue weighted by molar-refractivity contribution is 7.16. The van der Waals surface area contributed by atoms with Crippen LogP contribution in [-0.4, -0.2) is 17.1 Å². The number of nitrogens with zero attached hydrogens (tertiary/aromatic N) is 1.